The van der Waals surface area contributed by atoms with Gasteiger partial charge in [0.15, 0.2) is 0 Å². The van der Waals surface area contributed by atoms with Crippen LogP contribution in [0.15, 0.2) is 48.5 Å². The maximum absolute atomic E-state index is 12.6. The van der Waals surface area contributed by atoms with Gasteiger partial charge in [0.1, 0.15) is 0 Å². The molecule has 0 saturated carbocycles. The lowest BCUT2D eigenvalue weighted by atomic mass is 9.98. The topological polar surface area (TPSA) is 65.4 Å². The third-order valence-electron chi connectivity index (χ3n) is 5.28. The van der Waals surface area contributed by atoms with Crippen molar-refractivity contribution < 1.29 is 22.7 Å². The van der Waals surface area contributed by atoms with Crippen LogP contribution in [0.1, 0.15) is 29.5 Å². The summed E-state index contributed by atoms with van der Waals surface area (Å²) in [6.07, 6.45) is -2.56. The number of likely N-dealkylation sites (tertiary alicyclic amines) is 1. The average molecular weight is 431 g/mol. The van der Waals surface area contributed by atoms with Gasteiger partial charge in [-0.2, -0.15) is 18.4 Å². The lowest BCUT2D eigenvalue weighted by Gasteiger charge is -2.31. The first-order valence-corrected chi connectivity index (χ1v) is 10.1. The zero-order chi connectivity index (χ0) is 22.3. The number of benzene rings is 2. The number of anilines is 1. The highest BCUT2D eigenvalue weighted by Crippen LogP contribution is 2.29. The maximum atomic E-state index is 12.6. The fraction of sp³-hybridized carbons (Fsp3) is 0.391. The van der Waals surface area contributed by atoms with Crippen LogP contribution >= 0.6 is 0 Å². The van der Waals surface area contributed by atoms with E-state index in [-0.39, 0.29) is 12.5 Å². The summed E-state index contributed by atoms with van der Waals surface area (Å²) in [5, 5.41) is 11.5. The Morgan fingerprint density at radius 1 is 1.10 bits per heavy atom. The van der Waals surface area contributed by atoms with Gasteiger partial charge in [-0.25, -0.2) is 0 Å². The monoisotopic (exact) mass is 431 g/mol. The van der Waals surface area contributed by atoms with Crippen LogP contribution in [0.2, 0.25) is 0 Å². The van der Waals surface area contributed by atoms with Crippen LogP contribution in [0.3, 0.4) is 0 Å². The van der Waals surface area contributed by atoms with Crippen molar-refractivity contribution in [3.8, 4) is 6.07 Å². The van der Waals surface area contributed by atoms with Crippen molar-refractivity contribution in [2.75, 3.05) is 31.6 Å². The van der Waals surface area contributed by atoms with E-state index in [4.69, 9.17) is 10.00 Å². The third-order valence-corrected chi connectivity index (χ3v) is 5.28. The minimum absolute atomic E-state index is 0.208. The van der Waals surface area contributed by atoms with Gasteiger partial charge in [0.25, 0.3) is 0 Å². The first-order chi connectivity index (χ1) is 14.8. The van der Waals surface area contributed by atoms with Crippen LogP contribution in [0, 0.1) is 17.2 Å². The molecule has 5 nitrogen and oxygen atoms in total. The molecule has 1 saturated heterocycles. The van der Waals surface area contributed by atoms with Crippen molar-refractivity contribution >= 4 is 11.6 Å². The molecule has 0 atom stereocenters. The number of ether oxygens (including phenoxy) is 1. The molecule has 0 radical (unpaired) electrons. The van der Waals surface area contributed by atoms with Crippen molar-refractivity contribution in [1.82, 2.24) is 4.90 Å². The van der Waals surface area contributed by atoms with Crippen molar-refractivity contribution in [3.63, 3.8) is 0 Å². The molecule has 8 heteroatoms. The second-order valence-corrected chi connectivity index (χ2v) is 7.67. The number of carbonyl (C=O) groups excluding carboxylic acids is 1. The second kappa shape index (κ2) is 10.4. The van der Waals surface area contributed by atoms with Crippen molar-refractivity contribution in [1.29, 1.82) is 5.26 Å². The number of hydrogen-bond donors (Lipinski definition) is 1. The smallest absolute Gasteiger partial charge is 0.376 e. The Bertz CT molecular complexity index is 898. The summed E-state index contributed by atoms with van der Waals surface area (Å²) in [6, 6.07) is 13.8. The lowest BCUT2D eigenvalue weighted by molar-refractivity contribution is -0.137. The van der Waals surface area contributed by atoms with Crippen LogP contribution in [0.25, 0.3) is 0 Å². The molecule has 0 spiro atoms. The van der Waals surface area contributed by atoms with E-state index in [9.17, 15) is 18.0 Å². The Morgan fingerprint density at radius 3 is 2.32 bits per heavy atom. The summed E-state index contributed by atoms with van der Waals surface area (Å²) < 4.78 is 43.6. The highest BCUT2D eigenvalue weighted by atomic mass is 19.4. The molecule has 1 amide bonds. The summed E-state index contributed by atoms with van der Waals surface area (Å²) in [7, 11) is 0. The molecule has 1 aliphatic heterocycles. The first kappa shape index (κ1) is 22.8. The second-order valence-electron chi connectivity index (χ2n) is 7.67. The Morgan fingerprint density at radius 2 is 1.74 bits per heavy atom. The Kier molecular flexibility index (Phi) is 7.66. The number of carbonyl (C=O) groups is 1. The van der Waals surface area contributed by atoms with E-state index in [1.54, 1.807) is 12.1 Å². The zero-order valence-electron chi connectivity index (χ0n) is 17.0. The minimum Gasteiger partial charge on any atom is -0.376 e. The molecule has 0 unspecified atom stereocenters. The Balaban J connectivity index is 1.34. The molecule has 1 N–H and O–H groups in total. The van der Waals surface area contributed by atoms with Gasteiger partial charge < -0.3 is 10.1 Å². The largest absolute Gasteiger partial charge is 0.416 e. The highest BCUT2D eigenvalue weighted by Gasteiger charge is 2.30. The zero-order valence-corrected chi connectivity index (χ0v) is 17.0. The van der Waals surface area contributed by atoms with E-state index in [0.717, 1.165) is 43.6 Å². The van der Waals surface area contributed by atoms with Crippen molar-refractivity contribution in [2.24, 2.45) is 5.92 Å². The van der Waals surface area contributed by atoms with E-state index in [1.807, 2.05) is 17.0 Å². The van der Waals surface area contributed by atoms with Gasteiger partial charge in [-0.3, -0.25) is 9.69 Å². The van der Waals surface area contributed by atoms with Gasteiger partial charge in [0, 0.05) is 12.3 Å². The predicted octanol–water partition coefficient (Wildman–Crippen LogP) is 4.44. The summed E-state index contributed by atoms with van der Waals surface area (Å²) >= 11 is 0. The maximum Gasteiger partial charge on any atom is 0.416 e. The van der Waals surface area contributed by atoms with E-state index in [0.29, 0.717) is 30.4 Å². The summed E-state index contributed by atoms with van der Waals surface area (Å²) in [5.74, 6) is 0.183. The number of rotatable bonds is 7. The van der Waals surface area contributed by atoms with Gasteiger partial charge in [-0.1, -0.05) is 12.1 Å². The fourth-order valence-electron chi connectivity index (χ4n) is 3.48. The molecule has 0 aromatic heterocycles. The number of halogens is 3. The van der Waals surface area contributed by atoms with Gasteiger partial charge in [-0.05, 0) is 73.8 Å². The van der Waals surface area contributed by atoms with E-state index < -0.39 is 11.7 Å². The van der Waals surface area contributed by atoms with Gasteiger partial charge >= 0.3 is 6.18 Å². The molecular weight excluding hydrogens is 407 g/mol. The molecule has 0 bridgehead atoms. The lowest BCUT2D eigenvalue weighted by Crippen LogP contribution is -2.40. The molecule has 3 rings (SSSR count). The van der Waals surface area contributed by atoms with Crippen LogP contribution in [0.4, 0.5) is 18.9 Å². The molecule has 31 heavy (non-hydrogen) atoms. The average Bonchev–Trinajstić information content (AvgIpc) is 2.75. The fourth-order valence-corrected chi connectivity index (χ4v) is 3.48. The summed E-state index contributed by atoms with van der Waals surface area (Å²) in [5.41, 5.74) is 1.26. The van der Waals surface area contributed by atoms with Gasteiger partial charge in [0.2, 0.25) is 5.91 Å². The van der Waals surface area contributed by atoms with Crippen LogP contribution in [0.5, 0.6) is 0 Å². The van der Waals surface area contributed by atoms with Crippen LogP contribution < -0.4 is 5.32 Å². The molecule has 164 valence electrons. The van der Waals surface area contributed by atoms with Crippen molar-refractivity contribution in [3.05, 3.63) is 65.2 Å². The highest BCUT2D eigenvalue weighted by molar-refractivity contribution is 5.92. The van der Waals surface area contributed by atoms with E-state index in [2.05, 4.69) is 11.4 Å². The van der Waals surface area contributed by atoms with Crippen molar-refractivity contribution in [2.45, 2.75) is 25.6 Å². The predicted molar refractivity (Wildman–Crippen MR) is 110 cm³/mol. The first-order valence-electron chi connectivity index (χ1n) is 10.1. The van der Waals surface area contributed by atoms with Crippen LogP contribution in [-0.4, -0.2) is 37.0 Å². The molecule has 2 aromatic rings. The third kappa shape index (κ3) is 7.09. The van der Waals surface area contributed by atoms with E-state index >= 15 is 0 Å². The molecule has 1 fully saturated rings. The molecule has 1 aliphatic rings. The van der Waals surface area contributed by atoms with E-state index in [1.165, 1.54) is 12.1 Å². The molecular formula is C23H24F3N3O2. The van der Waals surface area contributed by atoms with Gasteiger partial charge in [0.05, 0.1) is 30.3 Å². The SMILES string of the molecule is N#Cc1ccc(COCC2CCN(CC(=O)Nc3ccc(C(F)(F)F)cc3)CC2)cc1. The molecule has 2 aromatic carbocycles. The standard InChI is InChI=1S/C23H24F3N3O2/c24-23(25,26)20-5-7-21(8-6-20)28-22(30)14-29-11-9-19(10-12-29)16-31-15-18-3-1-17(13-27)2-4-18/h1-8,19H,9-12,14-16H2,(H,28,30). The summed E-state index contributed by atoms with van der Waals surface area (Å²) in [6.45, 7) is 2.89. The minimum atomic E-state index is -4.39. The number of amides is 1. The number of piperidine rings is 1. The normalized spacial score (nSPS) is 15.4. The Labute approximate surface area is 179 Å². The quantitative estimate of drug-likeness (QED) is 0.704. The number of alkyl halides is 3. The summed E-state index contributed by atoms with van der Waals surface area (Å²) in [4.78, 5) is 14.2. The number of hydrogen-bond acceptors (Lipinski definition) is 4. The molecule has 0 aliphatic carbocycles. The Hall–Kier alpha value is -2.89. The van der Waals surface area contributed by atoms with Crippen LogP contribution in [-0.2, 0) is 22.3 Å². The number of nitrogens with zero attached hydrogens (tertiary/aromatic N) is 2. The number of nitriles is 1. The van der Waals surface area contributed by atoms with Gasteiger partial charge in [-0.15, -0.1) is 0 Å². The molecule has 1 heterocycles. The number of nitrogens with one attached hydrogen (secondary N) is 1.